The minimum absolute atomic E-state index is 0.574. The second kappa shape index (κ2) is 4.61. The predicted octanol–water partition coefficient (Wildman–Crippen LogP) is 2.82. The van der Waals surface area contributed by atoms with Crippen LogP contribution in [0.4, 0.5) is 0 Å². The molecule has 0 saturated carbocycles. The van der Waals surface area contributed by atoms with Crippen LogP contribution in [0.25, 0.3) is 15.9 Å². The normalized spacial score (nSPS) is 11.8. The number of nitrogens with zero attached hydrogens (tertiary/aromatic N) is 6. The average Bonchev–Trinajstić information content (AvgIpc) is 3.08. The van der Waals surface area contributed by atoms with E-state index in [1.54, 1.807) is 22.2 Å². The van der Waals surface area contributed by atoms with Gasteiger partial charge in [0.2, 0.25) is 0 Å². The highest BCUT2D eigenvalue weighted by molar-refractivity contribution is 7.18. The number of fused-ring (bicyclic) bond motifs is 3. The number of aryl methyl sites for hydroxylation is 4. The van der Waals surface area contributed by atoms with E-state index in [0.717, 1.165) is 33.1 Å². The molecule has 0 aliphatic carbocycles. The number of aromatic nitrogens is 6. The largest absolute Gasteiger partial charge is 0.262 e. The Morgan fingerprint density at radius 2 is 1.95 bits per heavy atom. The first-order chi connectivity index (χ1) is 10.5. The fraction of sp³-hybridized carbons (Fsp3) is 0.333. The van der Waals surface area contributed by atoms with Gasteiger partial charge in [-0.15, -0.1) is 16.4 Å². The third kappa shape index (κ3) is 1.93. The fourth-order valence-electron chi connectivity index (χ4n) is 2.72. The predicted molar refractivity (Wildman–Crippen MR) is 86.4 cm³/mol. The highest BCUT2D eigenvalue weighted by Gasteiger charge is 2.14. The third-order valence-electron chi connectivity index (χ3n) is 3.94. The van der Waals surface area contributed by atoms with Gasteiger partial charge in [0.05, 0.1) is 11.1 Å². The van der Waals surface area contributed by atoms with E-state index in [0.29, 0.717) is 6.54 Å². The molecule has 22 heavy (non-hydrogen) atoms. The van der Waals surface area contributed by atoms with Gasteiger partial charge in [0.25, 0.3) is 0 Å². The van der Waals surface area contributed by atoms with Gasteiger partial charge in [-0.3, -0.25) is 4.68 Å². The SMILES string of the molecule is Cc1cc(C)n(Cc2nc3c4c(C)c(C)sc4ncn3n2)n1. The van der Waals surface area contributed by atoms with Crippen LogP contribution in [-0.4, -0.2) is 29.4 Å². The first kappa shape index (κ1) is 13.4. The van der Waals surface area contributed by atoms with Crippen LogP contribution in [0.1, 0.15) is 27.7 Å². The lowest BCUT2D eigenvalue weighted by atomic mass is 10.2. The molecule has 0 N–H and O–H groups in total. The summed E-state index contributed by atoms with van der Waals surface area (Å²) in [5.74, 6) is 0.753. The van der Waals surface area contributed by atoms with Gasteiger partial charge in [0.1, 0.15) is 17.7 Å². The van der Waals surface area contributed by atoms with Crippen molar-refractivity contribution in [3.8, 4) is 0 Å². The van der Waals surface area contributed by atoms with Crippen molar-refractivity contribution in [3.63, 3.8) is 0 Å². The molecule has 0 atom stereocenters. The van der Waals surface area contributed by atoms with E-state index in [2.05, 4.69) is 35.1 Å². The smallest absolute Gasteiger partial charge is 0.173 e. The molecule has 7 heteroatoms. The maximum absolute atomic E-state index is 4.72. The molecule has 4 aromatic rings. The number of thiophene rings is 1. The summed E-state index contributed by atoms with van der Waals surface area (Å²) in [6, 6.07) is 2.06. The van der Waals surface area contributed by atoms with Gasteiger partial charge >= 0.3 is 0 Å². The number of hydrogen-bond donors (Lipinski definition) is 0. The van der Waals surface area contributed by atoms with Crippen LogP contribution in [0.15, 0.2) is 12.4 Å². The molecule has 112 valence electrons. The Kier molecular flexibility index (Phi) is 2.80. The van der Waals surface area contributed by atoms with E-state index in [9.17, 15) is 0 Å². The minimum atomic E-state index is 0.574. The zero-order valence-electron chi connectivity index (χ0n) is 13.0. The van der Waals surface area contributed by atoms with Crippen LogP contribution in [0.2, 0.25) is 0 Å². The summed E-state index contributed by atoms with van der Waals surface area (Å²) in [5.41, 5.74) is 4.24. The van der Waals surface area contributed by atoms with E-state index in [1.165, 1.54) is 10.4 Å². The average molecular weight is 312 g/mol. The quantitative estimate of drug-likeness (QED) is 0.571. The van der Waals surface area contributed by atoms with Crippen molar-refractivity contribution < 1.29 is 0 Å². The highest BCUT2D eigenvalue weighted by atomic mass is 32.1. The number of hydrogen-bond acceptors (Lipinski definition) is 5. The lowest BCUT2D eigenvalue weighted by molar-refractivity contribution is 0.630. The molecule has 6 nitrogen and oxygen atoms in total. The third-order valence-corrected chi connectivity index (χ3v) is 5.06. The van der Waals surface area contributed by atoms with E-state index < -0.39 is 0 Å². The molecule has 0 aromatic carbocycles. The topological polar surface area (TPSA) is 60.9 Å². The van der Waals surface area contributed by atoms with Gasteiger partial charge in [-0.1, -0.05) is 0 Å². The molecule has 0 saturated heterocycles. The molecule has 0 fully saturated rings. The molecule has 0 radical (unpaired) electrons. The Morgan fingerprint density at radius 1 is 1.14 bits per heavy atom. The van der Waals surface area contributed by atoms with Gasteiger partial charge < -0.3 is 0 Å². The first-order valence-corrected chi connectivity index (χ1v) is 7.95. The maximum Gasteiger partial charge on any atom is 0.173 e. The Morgan fingerprint density at radius 3 is 2.68 bits per heavy atom. The molecule has 0 aliphatic rings. The molecule has 0 aliphatic heterocycles. The molecule has 4 rings (SSSR count). The molecule has 4 aromatic heterocycles. The standard InChI is InChI=1S/C15H16N6S/c1-8-5-9(2)20(18-8)6-12-17-14-13-10(3)11(4)22-15(13)16-7-21(14)19-12/h5,7H,6H2,1-4H3. The Balaban J connectivity index is 1.86. The monoisotopic (exact) mass is 312 g/mol. The van der Waals surface area contributed by atoms with Gasteiger partial charge in [-0.25, -0.2) is 14.5 Å². The Bertz CT molecular complexity index is 1010. The summed E-state index contributed by atoms with van der Waals surface area (Å²) in [4.78, 5) is 11.5. The lowest BCUT2D eigenvalue weighted by Crippen LogP contribution is -2.05. The Labute approximate surface area is 131 Å². The number of rotatable bonds is 2. The van der Waals surface area contributed by atoms with Crippen molar-refractivity contribution >= 4 is 27.2 Å². The summed E-state index contributed by atoms with van der Waals surface area (Å²) in [6.45, 7) is 8.84. The zero-order chi connectivity index (χ0) is 15.4. The molecular formula is C15H16N6S. The first-order valence-electron chi connectivity index (χ1n) is 7.14. The van der Waals surface area contributed by atoms with Crippen LogP contribution in [0.3, 0.4) is 0 Å². The summed E-state index contributed by atoms with van der Waals surface area (Å²) < 4.78 is 3.70. The molecule has 0 amide bonds. The van der Waals surface area contributed by atoms with E-state index >= 15 is 0 Å². The molecule has 4 heterocycles. The van der Waals surface area contributed by atoms with Crippen LogP contribution in [0, 0.1) is 27.7 Å². The summed E-state index contributed by atoms with van der Waals surface area (Å²) in [7, 11) is 0. The second-order valence-corrected chi connectivity index (χ2v) is 6.79. The van der Waals surface area contributed by atoms with Gasteiger partial charge in [0.15, 0.2) is 11.5 Å². The van der Waals surface area contributed by atoms with E-state index in [4.69, 9.17) is 4.98 Å². The maximum atomic E-state index is 4.72. The van der Waals surface area contributed by atoms with Crippen LogP contribution in [0.5, 0.6) is 0 Å². The molecule has 0 unspecified atom stereocenters. The van der Waals surface area contributed by atoms with Crippen molar-refractivity contribution in [3.05, 3.63) is 40.0 Å². The minimum Gasteiger partial charge on any atom is -0.262 e. The highest BCUT2D eigenvalue weighted by Crippen LogP contribution is 2.30. The van der Waals surface area contributed by atoms with Crippen LogP contribution in [-0.2, 0) is 6.54 Å². The van der Waals surface area contributed by atoms with E-state index in [1.807, 2.05) is 18.5 Å². The fourth-order valence-corrected chi connectivity index (χ4v) is 3.72. The van der Waals surface area contributed by atoms with Gasteiger partial charge in [-0.05, 0) is 39.3 Å². The van der Waals surface area contributed by atoms with Gasteiger partial charge in [0, 0.05) is 10.6 Å². The van der Waals surface area contributed by atoms with E-state index in [-0.39, 0.29) is 0 Å². The lowest BCUT2D eigenvalue weighted by Gasteiger charge is -1.99. The zero-order valence-corrected chi connectivity index (χ0v) is 13.8. The van der Waals surface area contributed by atoms with Crippen molar-refractivity contribution in [2.45, 2.75) is 34.2 Å². The van der Waals surface area contributed by atoms with Crippen LogP contribution < -0.4 is 0 Å². The van der Waals surface area contributed by atoms with Crippen molar-refractivity contribution in [2.24, 2.45) is 0 Å². The van der Waals surface area contributed by atoms with Crippen molar-refractivity contribution in [1.29, 1.82) is 0 Å². The van der Waals surface area contributed by atoms with Crippen molar-refractivity contribution in [2.75, 3.05) is 0 Å². The molecule has 0 bridgehead atoms. The van der Waals surface area contributed by atoms with Crippen molar-refractivity contribution in [1.82, 2.24) is 29.4 Å². The summed E-state index contributed by atoms with van der Waals surface area (Å²) in [6.07, 6.45) is 1.74. The molecule has 0 spiro atoms. The van der Waals surface area contributed by atoms with Gasteiger partial charge in [-0.2, -0.15) is 5.10 Å². The summed E-state index contributed by atoms with van der Waals surface area (Å²) >= 11 is 1.70. The van der Waals surface area contributed by atoms with Crippen LogP contribution >= 0.6 is 11.3 Å². The summed E-state index contributed by atoms with van der Waals surface area (Å²) in [5, 5.41) is 10.1. The Hall–Kier alpha value is -2.28. The molecular weight excluding hydrogens is 296 g/mol. The second-order valence-electron chi connectivity index (χ2n) is 5.59.